The molecule has 21 heavy (non-hydrogen) atoms. The molecule has 0 bridgehead atoms. The predicted molar refractivity (Wildman–Crippen MR) is 86.0 cm³/mol. The minimum atomic E-state index is -3.43. The van der Waals surface area contributed by atoms with E-state index in [2.05, 4.69) is 4.72 Å². The van der Waals surface area contributed by atoms with Crippen molar-refractivity contribution in [3.8, 4) is 0 Å². The van der Waals surface area contributed by atoms with Gasteiger partial charge in [0.2, 0.25) is 10.0 Å². The van der Waals surface area contributed by atoms with Crippen molar-refractivity contribution in [2.75, 3.05) is 6.54 Å². The summed E-state index contributed by atoms with van der Waals surface area (Å²) in [5.74, 6) is 0. The second-order valence-corrected chi connectivity index (χ2v) is 7.09. The molecule has 0 amide bonds. The fourth-order valence-corrected chi connectivity index (χ4v) is 3.29. The maximum atomic E-state index is 12.3. The number of sulfonamides is 1. The fourth-order valence-electron chi connectivity index (χ4n) is 2.18. The van der Waals surface area contributed by atoms with Crippen molar-refractivity contribution in [3.63, 3.8) is 0 Å². The van der Waals surface area contributed by atoms with Gasteiger partial charge >= 0.3 is 0 Å². The molecule has 0 aliphatic heterocycles. The van der Waals surface area contributed by atoms with Crippen molar-refractivity contribution in [1.29, 1.82) is 0 Å². The van der Waals surface area contributed by atoms with Crippen molar-refractivity contribution in [2.45, 2.75) is 32.1 Å². The van der Waals surface area contributed by atoms with Gasteiger partial charge in [0, 0.05) is 6.54 Å². The minimum absolute atomic E-state index is 0.329. The van der Waals surface area contributed by atoms with Crippen LogP contribution < -0.4 is 4.72 Å². The Morgan fingerprint density at radius 2 is 1.62 bits per heavy atom. The second-order valence-electron chi connectivity index (χ2n) is 5.32. The maximum absolute atomic E-state index is 12.3. The summed E-state index contributed by atoms with van der Waals surface area (Å²) in [6, 6.07) is 13.2. The molecular weight excluding hydrogens is 282 g/mol. The Hall–Kier alpha value is -1.65. The molecule has 0 radical (unpaired) electrons. The summed E-state index contributed by atoms with van der Waals surface area (Å²) in [6.45, 7) is 6.33. The van der Waals surface area contributed by atoms with Gasteiger partial charge in [0.05, 0.1) is 4.90 Å². The maximum Gasteiger partial charge on any atom is 0.240 e. The van der Waals surface area contributed by atoms with Crippen LogP contribution in [0.2, 0.25) is 0 Å². The molecule has 0 unspecified atom stereocenters. The molecule has 2 aromatic carbocycles. The lowest BCUT2D eigenvalue weighted by Gasteiger charge is -2.10. The highest BCUT2D eigenvalue weighted by Gasteiger charge is 2.14. The van der Waals surface area contributed by atoms with E-state index in [4.69, 9.17) is 0 Å². The average molecular weight is 303 g/mol. The smallest absolute Gasteiger partial charge is 0.211 e. The van der Waals surface area contributed by atoms with Gasteiger partial charge in [-0.3, -0.25) is 0 Å². The summed E-state index contributed by atoms with van der Waals surface area (Å²) in [5, 5.41) is 0. The molecule has 1 N–H and O–H groups in total. The molecule has 3 nitrogen and oxygen atoms in total. The molecule has 4 heteroatoms. The van der Waals surface area contributed by atoms with Crippen molar-refractivity contribution in [3.05, 3.63) is 64.7 Å². The molecule has 0 aliphatic rings. The average Bonchev–Trinajstić information content (AvgIpc) is 2.44. The molecule has 0 aliphatic carbocycles. The van der Waals surface area contributed by atoms with E-state index in [-0.39, 0.29) is 0 Å². The highest BCUT2D eigenvalue weighted by molar-refractivity contribution is 7.89. The van der Waals surface area contributed by atoms with Crippen LogP contribution in [0.4, 0.5) is 0 Å². The number of rotatable bonds is 5. The molecule has 0 heterocycles. The van der Waals surface area contributed by atoms with Crippen molar-refractivity contribution >= 4 is 10.0 Å². The van der Waals surface area contributed by atoms with Gasteiger partial charge in [0.15, 0.2) is 0 Å². The third-order valence-corrected chi connectivity index (χ3v) is 5.20. The molecule has 2 rings (SSSR count). The van der Waals surface area contributed by atoms with Crippen LogP contribution in [-0.4, -0.2) is 15.0 Å². The van der Waals surface area contributed by atoms with E-state index < -0.39 is 10.0 Å². The van der Waals surface area contributed by atoms with E-state index in [0.717, 1.165) is 11.1 Å². The summed E-state index contributed by atoms with van der Waals surface area (Å²) in [7, 11) is -3.43. The first-order valence-corrected chi connectivity index (χ1v) is 8.50. The molecule has 0 aromatic heterocycles. The second kappa shape index (κ2) is 6.41. The van der Waals surface area contributed by atoms with E-state index in [1.807, 2.05) is 51.1 Å². The zero-order chi connectivity index (χ0) is 15.5. The molecule has 112 valence electrons. The normalized spacial score (nSPS) is 11.6. The zero-order valence-corrected chi connectivity index (χ0v) is 13.5. The van der Waals surface area contributed by atoms with Gasteiger partial charge in [-0.05, 0) is 61.6 Å². The van der Waals surface area contributed by atoms with Gasteiger partial charge in [-0.2, -0.15) is 0 Å². The number of hydrogen-bond acceptors (Lipinski definition) is 2. The van der Waals surface area contributed by atoms with Crippen LogP contribution in [0.25, 0.3) is 0 Å². The van der Waals surface area contributed by atoms with Crippen LogP contribution in [0.5, 0.6) is 0 Å². The number of hydrogen-bond donors (Lipinski definition) is 1. The van der Waals surface area contributed by atoms with Gasteiger partial charge in [0.25, 0.3) is 0 Å². The van der Waals surface area contributed by atoms with E-state index in [9.17, 15) is 8.42 Å². The van der Waals surface area contributed by atoms with Crippen LogP contribution >= 0.6 is 0 Å². The van der Waals surface area contributed by atoms with Crippen LogP contribution in [0.15, 0.2) is 47.4 Å². The summed E-state index contributed by atoms with van der Waals surface area (Å²) < 4.78 is 27.2. The first-order valence-electron chi connectivity index (χ1n) is 7.01. The highest BCUT2D eigenvalue weighted by Crippen LogP contribution is 2.14. The van der Waals surface area contributed by atoms with Crippen LogP contribution in [-0.2, 0) is 16.4 Å². The Labute approximate surface area is 127 Å². The quantitative estimate of drug-likeness (QED) is 0.922. The summed E-state index contributed by atoms with van der Waals surface area (Å²) in [6.07, 6.45) is 0.691. The predicted octanol–water partition coefficient (Wildman–Crippen LogP) is 3.13. The zero-order valence-electron chi connectivity index (χ0n) is 12.7. The summed E-state index contributed by atoms with van der Waals surface area (Å²) in [5.41, 5.74) is 4.42. The molecule has 0 spiro atoms. The Balaban J connectivity index is 2.05. The highest BCUT2D eigenvalue weighted by atomic mass is 32.2. The van der Waals surface area contributed by atoms with E-state index in [0.29, 0.717) is 17.9 Å². The lowest BCUT2D eigenvalue weighted by Crippen LogP contribution is -2.26. The third-order valence-electron chi connectivity index (χ3n) is 3.74. The van der Waals surface area contributed by atoms with Gasteiger partial charge in [-0.15, -0.1) is 0 Å². The minimum Gasteiger partial charge on any atom is -0.211 e. The monoisotopic (exact) mass is 303 g/mol. The Bertz CT molecular complexity index is 736. The standard InChI is InChI=1S/C17H21NO2S/c1-13-8-9-17(12-15(13)3)21(19,20)18-11-10-16-7-5-4-6-14(16)2/h4-9,12,18H,10-11H2,1-3H3. The SMILES string of the molecule is Cc1ccc(S(=O)(=O)NCCc2ccccc2C)cc1C. The first kappa shape index (κ1) is 15.7. The van der Waals surface area contributed by atoms with Gasteiger partial charge in [0.1, 0.15) is 0 Å². The van der Waals surface area contributed by atoms with Crippen LogP contribution in [0.3, 0.4) is 0 Å². The summed E-state index contributed by atoms with van der Waals surface area (Å²) in [4.78, 5) is 0.329. The van der Waals surface area contributed by atoms with Gasteiger partial charge < -0.3 is 0 Å². The van der Waals surface area contributed by atoms with Crippen LogP contribution in [0.1, 0.15) is 22.3 Å². The Morgan fingerprint density at radius 1 is 0.905 bits per heavy atom. The molecule has 0 saturated carbocycles. The lowest BCUT2D eigenvalue weighted by atomic mass is 10.1. The number of nitrogens with one attached hydrogen (secondary N) is 1. The molecule has 0 fully saturated rings. The Morgan fingerprint density at radius 3 is 2.29 bits per heavy atom. The molecule has 0 saturated heterocycles. The lowest BCUT2D eigenvalue weighted by molar-refractivity contribution is 0.581. The first-order chi connectivity index (χ1) is 9.90. The fraction of sp³-hybridized carbons (Fsp3) is 0.294. The largest absolute Gasteiger partial charge is 0.240 e. The van der Waals surface area contributed by atoms with Crippen molar-refractivity contribution < 1.29 is 8.42 Å². The molecular formula is C17H21NO2S. The topological polar surface area (TPSA) is 46.2 Å². The molecule has 0 atom stereocenters. The van der Waals surface area contributed by atoms with Crippen molar-refractivity contribution in [2.24, 2.45) is 0 Å². The van der Waals surface area contributed by atoms with Crippen LogP contribution in [0, 0.1) is 20.8 Å². The van der Waals surface area contributed by atoms with E-state index in [1.165, 1.54) is 11.1 Å². The van der Waals surface area contributed by atoms with Crippen molar-refractivity contribution in [1.82, 2.24) is 4.72 Å². The van der Waals surface area contributed by atoms with E-state index >= 15 is 0 Å². The summed E-state index contributed by atoms with van der Waals surface area (Å²) >= 11 is 0. The van der Waals surface area contributed by atoms with Gasteiger partial charge in [-0.1, -0.05) is 30.3 Å². The number of aryl methyl sites for hydroxylation is 3. The third kappa shape index (κ3) is 3.93. The van der Waals surface area contributed by atoms with E-state index in [1.54, 1.807) is 12.1 Å². The van der Waals surface area contributed by atoms with Gasteiger partial charge in [-0.25, -0.2) is 13.1 Å². The number of benzene rings is 2. The Kier molecular flexibility index (Phi) is 4.80. The molecule has 2 aromatic rings.